The van der Waals surface area contributed by atoms with E-state index in [1.165, 1.54) is 30.5 Å². The quantitative estimate of drug-likeness (QED) is 0.662. The molecule has 0 unspecified atom stereocenters. The van der Waals surface area contributed by atoms with E-state index < -0.39 is 0 Å². The molecule has 0 saturated carbocycles. The summed E-state index contributed by atoms with van der Waals surface area (Å²) < 4.78 is 12.8. The van der Waals surface area contributed by atoms with E-state index in [4.69, 9.17) is 0 Å². The van der Waals surface area contributed by atoms with Crippen LogP contribution in [0.4, 0.5) is 4.39 Å². The summed E-state index contributed by atoms with van der Waals surface area (Å²) in [6.45, 7) is 3.65. The normalized spacial score (nSPS) is 11.6. The molecule has 0 saturated heterocycles. The van der Waals surface area contributed by atoms with E-state index in [-0.39, 0.29) is 5.83 Å². The Morgan fingerprint density at radius 1 is 0.947 bits per heavy atom. The molecule has 0 amide bonds. The largest absolute Gasteiger partial charge is 0.212 e. The first-order valence-corrected chi connectivity index (χ1v) is 6.72. The van der Waals surface area contributed by atoms with Crippen LogP contribution >= 0.6 is 0 Å². The molecule has 0 spiro atoms. The monoisotopic (exact) mass is 254 g/mol. The number of benzene rings is 2. The van der Waals surface area contributed by atoms with Crippen LogP contribution in [0.15, 0.2) is 54.4 Å². The maximum atomic E-state index is 12.8. The number of aryl methyl sites for hydroxylation is 1. The van der Waals surface area contributed by atoms with Crippen LogP contribution in [-0.4, -0.2) is 0 Å². The highest BCUT2D eigenvalue weighted by Crippen LogP contribution is 2.21. The Bertz CT molecular complexity index is 543. The third-order valence-corrected chi connectivity index (χ3v) is 3.10. The Kier molecular flexibility index (Phi) is 4.51. The molecule has 0 aromatic heterocycles. The lowest BCUT2D eigenvalue weighted by molar-refractivity contribution is 0.648. The van der Waals surface area contributed by atoms with Gasteiger partial charge in [0.25, 0.3) is 0 Å². The number of rotatable bonds is 4. The van der Waals surface area contributed by atoms with Gasteiger partial charge < -0.3 is 0 Å². The van der Waals surface area contributed by atoms with Gasteiger partial charge in [-0.1, -0.05) is 61.9 Å². The second-order valence-electron chi connectivity index (χ2n) is 4.80. The van der Waals surface area contributed by atoms with Gasteiger partial charge in [0, 0.05) is 0 Å². The molecular formula is C18H19F. The van der Waals surface area contributed by atoms with Gasteiger partial charge in [-0.2, -0.15) is 0 Å². The predicted octanol–water partition coefficient (Wildman–Crippen LogP) is 5.64. The molecule has 2 aromatic carbocycles. The lowest BCUT2D eigenvalue weighted by Crippen LogP contribution is -1.84. The fraction of sp³-hybridized carbons (Fsp3) is 0.222. The molecule has 0 bridgehead atoms. The smallest absolute Gasteiger partial charge is 0.0974 e. The fourth-order valence-electron chi connectivity index (χ4n) is 2.15. The summed E-state index contributed by atoms with van der Waals surface area (Å²) in [7, 11) is 0. The summed E-state index contributed by atoms with van der Waals surface area (Å²) in [5.74, 6) is -0.170. The van der Waals surface area contributed by atoms with Gasteiger partial charge in [0.15, 0.2) is 0 Å². The van der Waals surface area contributed by atoms with Crippen molar-refractivity contribution in [1.82, 2.24) is 0 Å². The highest BCUT2D eigenvalue weighted by molar-refractivity contribution is 5.66. The van der Waals surface area contributed by atoms with Gasteiger partial charge in [-0.05, 0) is 41.7 Å². The highest BCUT2D eigenvalue weighted by Gasteiger charge is 1.98. The topological polar surface area (TPSA) is 0 Å². The standard InChI is InChI=1S/C18H19F/c1-3-4-15-5-9-17(10-6-15)18-11-7-16(8-12-18)13-14(2)19/h5-13H,3-4H2,1-2H3. The molecule has 0 aliphatic carbocycles. The zero-order valence-corrected chi connectivity index (χ0v) is 11.5. The minimum atomic E-state index is -0.170. The zero-order chi connectivity index (χ0) is 13.7. The molecule has 0 aliphatic heterocycles. The molecule has 0 N–H and O–H groups in total. The maximum Gasteiger partial charge on any atom is 0.0974 e. The second kappa shape index (κ2) is 6.33. The molecule has 0 nitrogen and oxygen atoms in total. The van der Waals surface area contributed by atoms with Crippen LogP contribution in [0.1, 0.15) is 31.4 Å². The summed E-state index contributed by atoms with van der Waals surface area (Å²) in [4.78, 5) is 0. The molecule has 98 valence electrons. The summed E-state index contributed by atoms with van der Waals surface area (Å²) in [5.41, 5.74) is 4.63. The Balaban J connectivity index is 2.19. The predicted molar refractivity (Wildman–Crippen MR) is 80.6 cm³/mol. The molecule has 0 heterocycles. The maximum absolute atomic E-state index is 12.8. The van der Waals surface area contributed by atoms with Gasteiger partial charge in [0.05, 0.1) is 5.83 Å². The van der Waals surface area contributed by atoms with Crippen molar-refractivity contribution in [3.63, 3.8) is 0 Å². The average molecular weight is 254 g/mol. The first kappa shape index (κ1) is 13.5. The van der Waals surface area contributed by atoms with Gasteiger partial charge in [-0.25, -0.2) is 4.39 Å². The minimum Gasteiger partial charge on any atom is -0.212 e. The van der Waals surface area contributed by atoms with Gasteiger partial charge in [0.2, 0.25) is 0 Å². The molecular weight excluding hydrogens is 235 g/mol. The number of hydrogen-bond acceptors (Lipinski definition) is 0. The molecule has 0 aliphatic rings. The number of hydrogen-bond donors (Lipinski definition) is 0. The summed E-state index contributed by atoms with van der Waals surface area (Å²) >= 11 is 0. The second-order valence-corrected chi connectivity index (χ2v) is 4.80. The van der Waals surface area contributed by atoms with Crippen molar-refractivity contribution in [2.75, 3.05) is 0 Å². The SMILES string of the molecule is CCCc1ccc(-c2ccc(C=C(C)F)cc2)cc1. The van der Waals surface area contributed by atoms with Crippen LogP contribution in [0, 0.1) is 0 Å². The van der Waals surface area contributed by atoms with Crippen molar-refractivity contribution < 1.29 is 4.39 Å². The molecule has 0 fully saturated rings. The lowest BCUT2D eigenvalue weighted by atomic mass is 10.0. The molecule has 2 rings (SSSR count). The van der Waals surface area contributed by atoms with E-state index in [2.05, 4.69) is 31.2 Å². The summed E-state index contributed by atoms with van der Waals surface area (Å²) in [6.07, 6.45) is 3.83. The summed E-state index contributed by atoms with van der Waals surface area (Å²) in [6, 6.07) is 16.6. The van der Waals surface area contributed by atoms with Gasteiger partial charge in [-0.15, -0.1) is 0 Å². The lowest BCUT2D eigenvalue weighted by Gasteiger charge is -2.04. The van der Waals surface area contributed by atoms with Crippen molar-refractivity contribution in [1.29, 1.82) is 0 Å². The van der Waals surface area contributed by atoms with E-state index in [9.17, 15) is 4.39 Å². The Morgan fingerprint density at radius 3 is 1.95 bits per heavy atom. The molecule has 0 radical (unpaired) electrons. The Hall–Kier alpha value is -1.89. The van der Waals surface area contributed by atoms with E-state index >= 15 is 0 Å². The van der Waals surface area contributed by atoms with Gasteiger partial charge in [0.1, 0.15) is 0 Å². The number of halogens is 1. The van der Waals surface area contributed by atoms with Crippen molar-refractivity contribution in [3.8, 4) is 11.1 Å². The van der Waals surface area contributed by atoms with Crippen molar-refractivity contribution in [2.45, 2.75) is 26.7 Å². The zero-order valence-electron chi connectivity index (χ0n) is 11.5. The molecule has 0 atom stereocenters. The molecule has 2 aromatic rings. The average Bonchev–Trinajstić information content (AvgIpc) is 2.40. The fourth-order valence-corrected chi connectivity index (χ4v) is 2.15. The summed E-state index contributed by atoms with van der Waals surface area (Å²) in [5, 5.41) is 0. The van der Waals surface area contributed by atoms with E-state index in [0.717, 1.165) is 17.5 Å². The Labute approximate surface area is 114 Å². The van der Waals surface area contributed by atoms with E-state index in [1.807, 2.05) is 24.3 Å². The highest BCUT2D eigenvalue weighted by atomic mass is 19.1. The Morgan fingerprint density at radius 2 is 1.47 bits per heavy atom. The van der Waals surface area contributed by atoms with Crippen molar-refractivity contribution in [2.24, 2.45) is 0 Å². The van der Waals surface area contributed by atoms with Crippen LogP contribution in [0.25, 0.3) is 17.2 Å². The van der Waals surface area contributed by atoms with Gasteiger partial charge >= 0.3 is 0 Å². The van der Waals surface area contributed by atoms with E-state index in [1.54, 1.807) is 0 Å². The minimum absolute atomic E-state index is 0.170. The van der Waals surface area contributed by atoms with Crippen LogP contribution < -0.4 is 0 Å². The third kappa shape index (κ3) is 3.78. The van der Waals surface area contributed by atoms with E-state index in [0.29, 0.717) is 0 Å². The first-order chi connectivity index (χ1) is 9.19. The van der Waals surface area contributed by atoms with Crippen LogP contribution in [-0.2, 0) is 6.42 Å². The third-order valence-electron chi connectivity index (χ3n) is 3.10. The van der Waals surface area contributed by atoms with Crippen LogP contribution in [0.5, 0.6) is 0 Å². The molecule has 1 heteroatoms. The van der Waals surface area contributed by atoms with Crippen LogP contribution in [0.2, 0.25) is 0 Å². The number of allylic oxidation sites excluding steroid dienone is 1. The van der Waals surface area contributed by atoms with Crippen LogP contribution in [0.3, 0.4) is 0 Å². The molecule has 19 heavy (non-hydrogen) atoms. The van der Waals surface area contributed by atoms with Crippen molar-refractivity contribution in [3.05, 3.63) is 65.5 Å². The van der Waals surface area contributed by atoms with Gasteiger partial charge in [-0.3, -0.25) is 0 Å². The van der Waals surface area contributed by atoms with Crippen molar-refractivity contribution >= 4 is 6.08 Å². The first-order valence-electron chi connectivity index (χ1n) is 6.72.